The lowest BCUT2D eigenvalue weighted by molar-refractivity contribution is 0.425. The molecule has 0 fully saturated rings. The Labute approximate surface area is 135 Å². The fourth-order valence-electron chi connectivity index (χ4n) is 1.83. The molecule has 0 spiro atoms. The third kappa shape index (κ3) is 3.40. The lowest BCUT2D eigenvalue weighted by Crippen LogP contribution is -1.86. The minimum atomic E-state index is 0.471. The summed E-state index contributed by atoms with van der Waals surface area (Å²) in [5.74, 6) is 1.73. The van der Waals surface area contributed by atoms with Gasteiger partial charge < -0.3 is 10.3 Å². The number of aromatic nitrogens is 2. The fraction of sp³-hybridized carbons (Fsp3) is 0.143. The topological polar surface area (TPSA) is 64.9 Å². The number of halogens is 1. The molecular formula is C14H12ClN3OS2. The standard InChI is InChI=1S/C14H12ClN3OS2/c1-8-5-11(13(16)21-8)14-17-12(18-19-14)7-20-10-4-2-3-9(15)6-10/h2-6H,7,16H2,1H3. The molecule has 0 saturated heterocycles. The van der Waals surface area contributed by atoms with Gasteiger partial charge in [-0.3, -0.25) is 0 Å². The van der Waals surface area contributed by atoms with Crippen molar-refractivity contribution in [2.75, 3.05) is 5.73 Å². The van der Waals surface area contributed by atoms with Crippen molar-refractivity contribution in [1.82, 2.24) is 10.1 Å². The van der Waals surface area contributed by atoms with Crippen molar-refractivity contribution in [2.45, 2.75) is 17.6 Å². The predicted octanol–water partition coefficient (Wildman–Crippen LogP) is 4.63. The zero-order chi connectivity index (χ0) is 14.8. The van der Waals surface area contributed by atoms with Gasteiger partial charge >= 0.3 is 0 Å². The van der Waals surface area contributed by atoms with E-state index in [2.05, 4.69) is 10.1 Å². The maximum Gasteiger partial charge on any atom is 0.260 e. The van der Waals surface area contributed by atoms with Crippen LogP contribution < -0.4 is 5.73 Å². The van der Waals surface area contributed by atoms with Crippen LogP contribution in [0.2, 0.25) is 5.02 Å². The lowest BCUT2D eigenvalue weighted by Gasteiger charge is -1.98. The Bertz CT molecular complexity index is 769. The van der Waals surface area contributed by atoms with Gasteiger partial charge in [-0.05, 0) is 31.2 Å². The summed E-state index contributed by atoms with van der Waals surface area (Å²) in [7, 11) is 0. The van der Waals surface area contributed by atoms with Gasteiger partial charge in [0.25, 0.3) is 5.89 Å². The van der Waals surface area contributed by atoms with E-state index in [0.29, 0.717) is 22.5 Å². The first kappa shape index (κ1) is 14.4. The highest BCUT2D eigenvalue weighted by atomic mass is 35.5. The van der Waals surface area contributed by atoms with Gasteiger partial charge in [0.2, 0.25) is 0 Å². The van der Waals surface area contributed by atoms with Gasteiger partial charge in [0, 0.05) is 14.8 Å². The number of thiophene rings is 1. The number of anilines is 1. The summed E-state index contributed by atoms with van der Waals surface area (Å²) in [6, 6.07) is 9.63. The second-order valence-electron chi connectivity index (χ2n) is 4.40. The molecule has 0 bridgehead atoms. The maximum atomic E-state index is 5.95. The van der Waals surface area contributed by atoms with Crippen molar-refractivity contribution in [3.05, 3.63) is 46.1 Å². The van der Waals surface area contributed by atoms with Gasteiger partial charge in [0.15, 0.2) is 5.82 Å². The van der Waals surface area contributed by atoms with Crippen LogP contribution in [0.3, 0.4) is 0 Å². The summed E-state index contributed by atoms with van der Waals surface area (Å²) in [4.78, 5) is 6.58. The first-order valence-electron chi connectivity index (χ1n) is 6.19. The monoisotopic (exact) mass is 337 g/mol. The minimum Gasteiger partial charge on any atom is -0.390 e. The molecule has 0 aliphatic rings. The zero-order valence-electron chi connectivity index (χ0n) is 11.2. The van der Waals surface area contributed by atoms with Crippen LogP contribution in [-0.2, 0) is 5.75 Å². The molecule has 2 N–H and O–H groups in total. The third-order valence-electron chi connectivity index (χ3n) is 2.75. The molecule has 0 radical (unpaired) electrons. The molecule has 0 unspecified atom stereocenters. The molecule has 21 heavy (non-hydrogen) atoms. The largest absolute Gasteiger partial charge is 0.390 e. The van der Waals surface area contributed by atoms with Gasteiger partial charge in [-0.25, -0.2) is 0 Å². The van der Waals surface area contributed by atoms with E-state index in [-0.39, 0.29) is 0 Å². The van der Waals surface area contributed by atoms with E-state index in [0.717, 1.165) is 20.4 Å². The number of nitrogen functional groups attached to an aromatic ring is 1. The predicted molar refractivity (Wildman–Crippen MR) is 87.8 cm³/mol. The molecule has 3 rings (SSSR count). The van der Waals surface area contributed by atoms with E-state index in [1.807, 2.05) is 37.3 Å². The van der Waals surface area contributed by atoms with Crippen molar-refractivity contribution >= 4 is 39.7 Å². The molecule has 108 valence electrons. The molecule has 0 amide bonds. The first-order valence-corrected chi connectivity index (χ1v) is 8.37. The van der Waals surface area contributed by atoms with Gasteiger partial charge in [-0.2, -0.15) is 4.98 Å². The highest BCUT2D eigenvalue weighted by Crippen LogP contribution is 2.33. The van der Waals surface area contributed by atoms with Gasteiger partial charge in [-0.1, -0.05) is 22.8 Å². The van der Waals surface area contributed by atoms with Crippen LogP contribution in [0.25, 0.3) is 11.5 Å². The normalized spacial score (nSPS) is 11.0. The number of hydrogen-bond acceptors (Lipinski definition) is 6. The number of rotatable bonds is 4. The van der Waals surface area contributed by atoms with Crippen molar-refractivity contribution in [3.63, 3.8) is 0 Å². The number of hydrogen-bond donors (Lipinski definition) is 1. The Kier molecular flexibility index (Phi) is 4.19. The molecule has 1 aromatic carbocycles. The molecular weight excluding hydrogens is 326 g/mol. The number of benzene rings is 1. The van der Waals surface area contributed by atoms with Crippen LogP contribution in [0.15, 0.2) is 39.8 Å². The van der Waals surface area contributed by atoms with Crippen molar-refractivity contribution in [3.8, 4) is 11.5 Å². The summed E-state index contributed by atoms with van der Waals surface area (Å²) in [5.41, 5.74) is 6.74. The summed E-state index contributed by atoms with van der Waals surface area (Å²) < 4.78 is 5.28. The molecule has 2 aromatic heterocycles. The van der Waals surface area contributed by atoms with Crippen LogP contribution in [0.4, 0.5) is 5.00 Å². The SMILES string of the molecule is Cc1cc(-c2nc(CSc3cccc(Cl)c3)no2)c(N)s1. The van der Waals surface area contributed by atoms with E-state index in [9.17, 15) is 0 Å². The number of nitrogens with two attached hydrogens (primary N) is 1. The van der Waals surface area contributed by atoms with Crippen molar-refractivity contribution < 1.29 is 4.52 Å². The summed E-state index contributed by atoms with van der Waals surface area (Å²) in [6.45, 7) is 2.00. The highest BCUT2D eigenvalue weighted by Gasteiger charge is 2.14. The van der Waals surface area contributed by atoms with Crippen LogP contribution >= 0.6 is 34.7 Å². The molecule has 0 aliphatic carbocycles. The van der Waals surface area contributed by atoms with E-state index in [4.69, 9.17) is 21.9 Å². The maximum absolute atomic E-state index is 5.95. The molecule has 7 heteroatoms. The zero-order valence-corrected chi connectivity index (χ0v) is 13.6. The van der Waals surface area contributed by atoms with Crippen molar-refractivity contribution in [2.24, 2.45) is 0 Å². The molecule has 0 atom stereocenters. The average molecular weight is 338 g/mol. The molecule has 0 aliphatic heterocycles. The lowest BCUT2D eigenvalue weighted by atomic mass is 10.3. The van der Waals surface area contributed by atoms with Crippen LogP contribution in [0, 0.1) is 6.92 Å². The van der Waals surface area contributed by atoms with E-state index in [1.54, 1.807) is 11.8 Å². The van der Waals surface area contributed by atoms with Gasteiger partial charge in [0.05, 0.1) is 16.3 Å². The number of nitrogens with zero attached hydrogens (tertiary/aromatic N) is 2. The van der Waals surface area contributed by atoms with E-state index in [1.165, 1.54) is 11.3 Å². The Morgan fingerprint density at radius 3 is 2.95 bits per heavy atom. The molecule has 0 saturated carbocycles. The smallest absolute Gasteiger partial charge is 0.260 e. The van der Waals surface area contributed by atoms with Gasteiger partial charge in [-0.15, -0.1) is 23.1 Å². The molecule has 3 aromatic rings. The highest BCUT2D eigenvalue weighted by molar-refractivity contribution is 7.98. The van der Waals surface area contributed by atoms with E-state index >= 15 is 0 Å². The van der Waals surface area contributed by atoms with Crippen LogP contribution in [-0.4, -0.2) is 10.1 Å². The summed E-state index contributed by atoms with van der Waals surface area (Å²) in [5, 5.41) is 5.41. The van der Waals surface area contributed by atoms with Crippen LogP contribution in [0.5, 0.6) is 0 Å². The fourth-order valence-corrected chi connectivity index (χ4v) is 3.66. The van der Waals surface area contributed by atoms with Crippen LogP contribution in [0.1, 0.15) is 10.7 Å². The summed E-state index contributed by atoms with van der Waals surface area (Å²) >= 11 is 9.08. The Hall–Kier alpha value is -1.50. The third-order valence-corrected chi connectivity index (χ3v) is 4.85. The molecule has 2 heterocycles. The average Bonchev–Trinajstić information content (AvgIpc) is 3.03. The second-order valence-corrected chi connectivity index (χ2v) is 7.17. The Morgan fingerprint density at radius 2 is 2.24 bits per heavy atom. The minimum absolute atomic E-state index is 0.471. The van der Waals surface area contributed by atoms with E-state index < -0.39 is 0 Å². The Balaban J connectivity index is 1.72. The summed E-state index contributed by atoms with van der Waals surface area (Å²) in [6.07, 6.45) is 0. The molecule has 4 nitrogen and oxygen atoms in total. The quantitative estimate of drug-likeness (QED) is 0.703. The van der Waals surface area contributed by atoms with Gasteiger partial charge in [0.1, 0.15) is 0 Å². The second kappa shape index (κ2) is 6.09. The van der Waals surface area contributed by atoms with Crippen molar-refractivity contribution in [1.29, 1.82) is 0 Å². The number of aryl methyl sites for hydroxylation is 1. The first-order chi connectivity index (χ1) is 10.1. The Morgan fingerprint density at radius 1 is 1.38 bits per heavy atom. The number of thioether (sulfide) groups is 1.